The fraction of sp³-hybridized carbons (Fsp3) is 0.350. The van der Waals surface area contributed by atoms with E-state index in [0.717, 1.165) is 29.5 Å². The minimum absolute atomic E-state index is 0.199. The summed E-state index contributed by atoms with van der Waals surface area (Å²) in [4.78, 5) is 12.0. The average Bonchev–Trinajstić information content (AvgIpc) is 3.42. The Bertz CT molecular complexity index is 862. The number of carbonyl (C=O) groups excluding carboxylic acids is 1. The molecule has 1 saturated carbocycles. The van der Waals surface area contributed by atoms with Crippen molar-refractivity contribution < 1.29 is 13.2 Å². The average molecular weight is 372 g/mol. The Morgan fingerprint density at radius 1 is 1.08 bits per heavy atom. The van der Waals surface area contributed by atoms with Crippen LogP contribution in [-0.4, -0.2) is 20.1 Å². The number of primary amides is 1. The van der Waals surface area contributed by atoms with Crippen LogP contribution >= 0.6 is 0 Å². The molecule has 2 aromatic rings. The van der Waals surface area contributed by atoms with Gasteiger partial charge in [0.15, 0.2) is 0 Å². The van der Waals surface area contributed by atoms with E-state index < -0.39 is 15.9 Å². The SMILES string of the molecule is NC(=O)C(Cc1ccccc1)c1cccc(CNS(=O)(=O)CC2CC2)c1. The fourth-order valence-corrected chi connectivity index (χ4v) is 4.46. The molecule has 3 N–H and O–H groups in total. The summed E-state index contributed by atoms with van der Waals surface area (Å²) < 4.78 is 26.7. The van der Waals surface area contributed by atoms with Crippen LogP contribution in [0.4, 0.5) is 0 Å². The first kappa shape index (κ1) is 18.6. The molecule has 2 aromatic carbocycles. The van der Waals surface area contributed by atoms with Crippen LogP contribution in [0, 0.1) is 5.92 Å². The van der Waals surface area contributed by atoms with Crippen molar-refractivity contribution in [2.24, 2.45) is 11.7 Å². The van der Waals surface area contributed by atoms with Crippen molar-refractivity contribution in [2.75, 3.05) is 5.75 Å². The molecule has 1 amide bonds. The van der Waals surface area contributed by atoms with E-state index >= 15 is 0 Å². The van der Waals surface area contributed by atoms with Crippen molar-refractivity contribution in [1.29, 1.82) is 0 Å². The van der Waals surface area contributed by atoms with Gasteiger partial charge in [0.05, 0.1) is 11.7 Å². The second-order valence-corrected chi connectivity index (χ2v) is 8.79. The third-order valence-electron chi connectivity index (χ3n) is 4.63. The van der Waals surface area contributed by atoms with E-state index in [4.69, 9.17) is 5.73 Å². The molecule has 1 aliphatic rings. The minimum atomic E-state index is -3.26. The van der Waals surface area contributed by atoms with Crippen molar-refractivity contribution in [3.8, 4) is 0 Å². The molecule has 3 rings (SSSR count). The van der Waals surface area contributed by atoms with Crippen LogP contribution in [0.15, 0.2) is 54.6 Å². The van der Waals surface area contributed by atoms with Gasteiger partial charge in [0, 0.05) is 6.54 Å². The van der Waals surface area contributed by atoms with Gasteiger partial charge < -0.3 is 5.73 Å². The lowest BCUT2D eigenvalue weighted by Crippen LogP contribution is -2.27. The van der Waals surface area contributed by atoms with Gasteiger partial charge in [-0.25, -0.2) is 13.1 Å². The Kier molecular flexibility index (Phi) is 5.74. The van der Waals surface area contributed by atoms with Gasteiger partial charge in [0.25, 0.3) is 0 Å². The Morgan fingerprint density at radius 2 is 1.77 bits per heavy atom. The lowest BCUT2D eigenvalue weighted by molar-refractivity contribution is -0.119. The zero-order valence-electron chi connectivity index (χ0n) is 14.6. The van der Waals surface area contributed by atoms with Crippen molar-refractivity contribution in [1.82, 2.24) is 4.72 Å². The Labute approximate surface area is 154 Å². The first-order valence-electron chi connectivity index (χ1n) is 8.82. The monoisotopic (exact) mass is 372 g/mol. The molecule has 5 nitrogen and oxygen atoms in total. The molecule has 0 spiro atoms. The molecule has 1 unspecified atom stereocenters. The van der Waals surface area contributed by atoms with Crippen LogP contribution in [0.1, 0.15) is 35.4 Å². The van der Waals surface area contributed by atoms with Crippen LogP contribution in [-0.2, 0) is 27.8 Å². The second-order valence-electron chi connectivity index (χ2n) is 6.94. The van der Waals surface area contributed by atoms with Gasteiger partial charge in [0.1, 0.15) is 0 Å². The molecule has 1 fully saturated rings. The fourth-order valence-electron chi connectivity index (χ4n) is 3.00. The molecule has 26 heavy (non-hydrogen) atoms. The molecule has 0 aliphatic heterocycles. The van der Waals surface area contributed by atoms with Gasteiger partial charge in [-0.15, -0.1) is 0 Å². The van der Waals surface area contributed by atoms with Crippen molar-refractivity contribution >= 4 is 15.9 Å². The summed E-state index contributed by atoms with van der Waals surface area (Å²) in [6.45, 7) is 0.222. The maximum absolute atomic E-state index is 12.0. The molecule has 1 atom stereocenters. The van der Waals surface area contributed by atoms with Crippen molar-refractivity contribution in [3.05, 3.63) is 71.3 Å². The number of amides is 1. The third-order valence-corrected chi connectivity index (χ3v) is 6.12. The highest BCUT2D eigenvalue weighted by Gasteiger charge is 2.27. The largest absolute Gasteiger partial charge is 0.369 e. The zero-order valence-corrected chi connectivity index (χ0v) is 15.4. The lowest BCUT2D eigenvalue weighted by Gasteiger charge is -2.15. The Balaban J connectivity index is 1.70. The van der Waals surface area contributed by atoms with Gasteiger partial charge >= 0.3 is 0 Å². The molecule has 0 aromatic heterocycles. The molecule has 0 bridgehead atoms. The number of benzene rings is 2. The lowest BCUT2D eigenvalue weighted by atomic mass is 9.90. The Hall–Kier alpha value is -2.18. The van der Waals surface area contributed by atoms with E-state index in [1.54, 1.807) is 0 Å². The first-order chi connectivity index (χ1) is 12.4. The number of hydrogen-bond donors (Lipinski definition) is 2. The summed E-state index contributed by atoms with van der Waals surface area (Å²) in [5.74, 6) is -0.324. The normalized spacial score (nSPS) is 15.5. The maximum atomic E-state index is 12.0. The molecular formula is C20H24N2O3S. The van der Waals surface area contributed by atoms with Crippen LogP contribution < -0.4 is 10.5 Å². The highest BCUT2D eigenvalue weighted by Crippen LogP contribution is 2.30. The molecular weight excluding hydrogens is 348 g/mol. The number of sulfonamides is 1. The standard InChI is InChI=1S/C20H24N2O3S/c21-20(23)19(12-15-5-2-1-3-6-15)18-8-4-7-17(11-18)13-22-26(24,25)14-16-9-10-16/h1-8,11,16,19,22H,9-10,12-14H2,(H2,21,23). The maximum Gasteiger partial charge on any atom is 0.225 e. The van der Waals surface area contributed by atoms with E-state index in [1.165, 1.54) is 0 Å². The van der Waals surface area contributed by atoms with Crippen LogP contribution in [0.25, 0.3) is 0 Å². The number of rotatable bonds is 9. The third kappa shape index (κ3) is 5.41. The summed E-state index contributed by atoms with van der Waals surface area (Å²) in [5.41, 5.74) is 8.28. The molecule has 6 heteroatoms. The quantitative estimate of drug-likeness (QED) is 0.708. The smallest absolute Gasteiger partial charge is 0.225 e. The van der Waals surface area contributed by atoms with E-state index in [-0.39, 0.29) is 18.2 Å². The van der Waals surface area contributed by atoms with E-state index in [9.17, 15) is 13.2 Å². The molecule has 0 saturated heterocycles. The molecule has 0 radical (unpaired) electrons. The summed E-state index contributed by atoms with van der Waals surface area (Å²) >= 11 is 0. The van der Waals surface area contributed by atoms with Gasteiger partial charge in [-0.1, -0.05) is 54.6 Å². The van der Waals surface area contributed by atoms with Gasteiger partial charge in [-0.05, 0) is 41.9 Å². The van der Waals surface area contributed by atoms with Crippen molar-refractivity contribution in [3.63, 3.8) is 0 Å². The molecule has 1 aliphatic carbocycles. The summed E-state index contributed by atoms with van der Waals surface area (Å²) in [6, 6.07) is 17.1. The second kappa shape index (κ2) is 8.01. The number of nitrogens with two attached hydrogens (primary N) is 1. The van der Waals surface area contributed by atoms with Gasteiger partial charge in [-0.3, -0.25) is 4.79 Å². The van der Waals surface area contributed by atoms with E-state index in [2.05, 4.69) is 4.72 Å². The highest BCUT2D eigenvalue weighted by atomic mass is 32.2. The van der Waals surface area contributed by atoms with Crippen LogP contribution in [0.2, 0.25) is 0 Å². The highest BCUT2D eigenvalue weighted by molar-refractivity contribution is 7.89. The predicted molar refractivity (Wildman–Crippen MR) is 102 cm³/mol. The first-order valence-corrected chi connectivity index (χ1v) is 10.5. The zero-order chi connectivity index (χ0) is 18.6. The summed E-state index contributed by atoms with van der Waals surface area (Å²) in [5, 5.41) is 0. The van der Waals surface area contributed by atoms with Gasteiger partial charge in [-0.2, -0.15) is 0 Å². The summed E-state index contributed by atoms with van der Waals surface area (Å²) in [6.07, 6.45) is 2.51. The van der Waals surface area contributed by atoms with Crippen LogP contribution in [0.3, 0.4) is 0 Å². The van der Waals surface area contributed by atoms with E-state index in [1.807, 2.05) is 54.6 Å². The molecule has 138 valence electrons. The van der Waals surface area contributed by atoms with E-state index in [0.29, 0.717) is 12.3 Å². The number of hydrogen-bond acceptors (Lipinski definition) is 3. The topological polar surface area (TPSA) is 89.3 Å². The van der Waals surface area contributed by atoms with Gasteiger partial charge in [0.2, 0.25) is 15.9 Å². The molecule has 0 heterocycles. The van der Waals surface area contributed by atoms with Crippen molar-refractivity contribution in [2.45, 2.75) is 31.7 Å². The number of carbonyl (C=O) groups is 1. The predicted octanol–water partition coefficient (Wildman–Crippen LogP) is 2.33. The summed E-state index contributed by atoms with van der Waals surface area (Å²) in [7, 11) is -3.26. The van der Waals surface area contributed by atoms with Crippen LogP contribution in [0.5, 0.6) is 0 Å². The number of nitrogens with one attached hydrogen (secondary N) is 1. The Morgan fingerprint density at radius 3 is 2.42 bits per heavy atom. The minimum Gasteiger partial charge on any atom is -0.369 e.